The second-order valence-electron chi connectivity index (χ2n) is 19.3. The number of hydrogen-bond donors (Lipinski definition) is 2. The van der Waals surface area contributed by atoms with E-state index in [2.05, 4.69) is 55.7 Å². The number of aliphatic imine (C=N–C) groups is 2. The van der Waals surface area contributed by atoms with Gasteiger partial charge in [-0.05, 0) is 110 Å². The van der Waals surface area contributed by atoms with Gasteiger partial charge in [0.05, 0.1) is 34.1 Å². The molecule has 2 N–H and O–H groups in total. The Hall–Kier alpha value is -6.84. The molecule has 3 aliphatic heterocycles. The predicted molar refractivity (Wildman–Crippen MR) is 286 cm³/mol. The molecule has 74 heavy (non-hydrogen) atoms. The molecule has 0 amide bonds. The summed E-state index contributed by atoms with van der Waals surface area (Å²) < 4.78 is 26.0. The molecule has 384 valence electrons. The first-order chi connectivity index (χ1) is 35.9. The van der Waals surface area contributed by atoms with Gasteiger partial charge in [0.2, 0.25) is 0 Å². The number of halogens is 2. The lowest BCUT2D eigenvalue weighted by atomic mass is 9.92. The zero-order valence-corrected chi connectivity index (χ0v) is 43.4. The molecule has 3 aliphatic rings. The summed E-state index contributed by atoms with van der Waals surface area (Å²) in [6, 6.07) is 23.8. The quantitative estimate of drug-likeness (QED) is 0.0656. The summed E-state index contributed by atoms with van der Waals surface area (Å²) in [5, 5.41) is 20.4. The van der Waals surface area contributed by atoms with Crippen LogP contribution in [-0.4, -0.2) is 93.6 Å². The normalized spacial score (nSPS) is 17.0. The highest BCUT2D eigenvalue weighted by Gasteiger charge is 2.28. The SMILES string of the molecule is C/N=C/c1cncc(COc2cc(OCc3cccc(-c4cccc(COc5cc(OCc6cncc(C7=NC7)c6)c(CN6CCC[C@H](C(=O)O)C6)cc5Cl)c4C)c3C)c(Cl)cc2CN2CCC[C@H](C(=O)O)C2)c1. The van der Waals surface area contributed by atoms with Crippen LogP contribution < -0.4 is 18.9 Å². The number of nitrogens with zero attached hydrogens (tertiary/aromatic N) is 6. The van der Waals surface area contributed by atoms with E-state index in [9.17, 15) is 19.8 Å². The molecule has 9 rings (SSSR count). The Morgan fingerprint density at radius 2 is 1.14 bits per heavy atom. The molecular formula is C58H60Cl2N6O8. The van der Waals surface area contributed by atoms with E-state index >= 15 is 0 Å². The van der Waals surface area contributed by atoms with Crippen LogP contribution in [-0.2, 0) is 49.1 Å². The monoisotopic (exact) mass is 1040 g/mol. The molecule has 4 aromatic carbocycles. The molecule has 14 nitrogen and oxygen atoms in total. The van der Waals surface area contributed by atoms with Crippen molar-refractivity contribution in [3.63, 3.8) is 0 Å². The highest BCUT2D eigenvalue weighted by molar-refractivity contribution is 6.32. The number of aliphatic carboxylic acids is 2. The van der Waals surface area contributed by atoms with Crippen molar-refractivity contribution in [3.8, 4) is 34.1 Å². The number of carboxylic acids is 2. The highest BCUT2D eigenvalue weighted by Crippen LogP contribution is 2.39. The van der Waals surface area contributed by atoms with Crippen molar-refractivity contribution in [1.29, 1.82) is 0 Å². The summed E-state index contributed by atoms with van der Waals surface area (Å²) in [7, 11) is 1.71. The van der Waals surface area contributed by atoms with Gasteiger partial charge < -0.3 is 29.2 Å². The maximum atomic E-state index is 11.9. The van der Waals surface area contributed by atoms with Gasteiger partial charge in [0.25, 0.3) is 0 Å². The lowest BCUT2D eigenvalue weighted by Crippen LogP contribution is -2.38. The van der Waals surface area contributed by atoms with Crippen LogP contribution in [0.15, 0.2) is 108 Å². The van der Waals surface area contributed by atoms with Crippen LogP contribution in [0.5, 0.6) is 23.0 Å². The zero-order chi connectivity index (χ0) is 51.7. The number of hydrogen-bond acceptors (Lipinski definition) is 12. The van der Waals surface area contributed by atoms with E-state index in [1.165, 1.54) is 0 Å². The summed E-state index contributed by atoms with van der Waals surface area (Å²) >= 11 is 14.0. The van der Waals surface area contributed by atoms with Crippen LogP contribution in [0, 0.1) is 25.7 Å². The van der Waals surface area contributed by atoms with Crippen molar-refractivity contribution in [2.24, 2.45) is 21.8 Å². The average molecular weight is 1040 g/mol. The molecule has 0 aliphatic carbocycles. The Kier molecular flexibility index (Phi) is 16.9. The van der Waals surface area contributed by atoms with Gasteiger partial charge in [-0.25, -0.2) is 0 Å². The Morgan fingerprint density at radius 3 is 1.62 bits per heavy atom. The summed E-state index contributed by atoms with van der Waals surface area (Å²) in [5.74, 6) is -0.273. The van der Waals surface area contributed by atoms with Crippen LogP contribution in [0.2, 0.25) is 10.0 Å². The van der Waals surface area contributed by atoms with E-state index in [1.54, 1.807) is 31.9 Å². The molecule has 2 atom stereocenters. The van der Waals surface area contributed by atoms with E-state index < -0.39 is 23.8 Å². The molecule has 2 fully saturated rings. The number of aromatic nitrogens is 2. The fourth-order valence-electron chi connectivity index (χ4n) is 9.82. The number of likely N-dealkylation sites (tertiary alicyclic amines) is 2. The third-order valence-corrected chi connectivity index (χ3v) is 14.6. The molecular weight excluding hydrogens is 980 g/mol. The van der Waals surface area contributed by atoms with Gasteiger partial charge in [-0.3, -0.25) is 39.3 Å². The number of pyridine rings is 2. The minimum atomic E-state index is -0.780. The highest BCUT2D eigenvalue weighted by atomic mass is 35.5. The Balaban J connectivity index is 0.915. The predicted octanol–water partition coefficient (Wildman–Crippen LogP) is 10.8. The van der Waals surface area contributed by atoms with Gasteiger partial charge in [0.1, 0.15) is 49.4 Å². The molecule has 0 spiro atoms. The van der Waals surface area contributed by atoms with Crippen molar-refractivity contribution in [3.05, 3.63) is 163 Å². The minimum Gasteiger partial charge on any atom is -0.488 e. The third kappa shape index (κ3) is 13.1. The number of ether oxygens (including phenoxy) is 4. The van der Waals surface area contributed by atoms with E-state index in [0.717, 1.165) is 105 Å². The van der Waals surface area contributed by atoms with Gasteiger partial charge in [-0.2, -0.15) is 0 Å². The zero-order valence-electron chi connectivity index (χ0n) is 41.9. The minimum absolute atomic E-state index is 0.239. The van der Waals surface area contributed by atoms with Crippen molar-refractivity contribution >= 4 is 47.1 Å². The van der Waals surface area contributed by atoms with Crippen LogP contribution in [0.25, 0.3) is 11.1 Å². The molecule has 2 aromatic heterocycles. The van der Waals surface area contributed by atoms with Crippen LogP contribution in [0.3, 0.4) is 0 Å². The van der Waals surface area contributed by atoms with Crippen LogP contribution in [0.1, 0.15) is 81.3 Å². The lowest BCUT2D eigenvalue weighted by Gasteiger charge is -2.31. The maximum absolute atomic E-state index is 11.9. The molecule has 6 aromatic rings. The number of carboxylic acid groups (broad SMARTS) is 2. The summed E-state index contributed by atoms with van der Waals surface area (Å²) in [5.41, 5.74) is 12.5. The van der Waals surface area contributed by atoms with Gasteiger partial charge >= 0.3 is 11.9 Å². The van der Waals surface area contributed by atoms with Crippen molar-refractivity contribution in [2.45, 2.75) is 79.0 Å². The average Bonchev–Trinajstić information content (AvgIpc) is 4.25. The number of benzene rings is 4. The molecule has 2 saturated heterocycles. The lowest BCUT2D eigenvalue weighted by molar-refractivity contribution is -0.144. The number of carbonyl (C=O) groups is 2. The van der Waals surface area contributed by atoms with Gasteiger partial charge in [-0.15, -0.1) is 0 Å². The van der Waals surface area contributed by atoms with E-state index in [-0.39, 0.29) is 26.4 Å². The Bertz CT molecular complexity index is 3090. The molecule has 16 heteroatoms. The summed E-state index contributed by atoms with van der Waals surface area (Å²) in [6.07, 6.45) is 11.7. The fourth-order valence-corrected chi connectivity index (χ4v) is 10.3. The van der Waals surface area contributed by atoms with Gasteiger partial charge in [0, 0.05) is 110 Å². The van der Waals surface area contributed by atoms with Crippen molar-refractivity contribution < 1.29 is 38.7 Å². The molecule has 0 unspecified atom stereocenters. The van der Waals surface area contributed by atoms with Crippen molar-refractivity contribution in [2.75, 3.05) is 39.8 Å². The van der Waals surface area contributed by atoms with E-state index in [4.69, 9.17) is 42.1 Å². The molecule has 0 radical (unpaired) electrons. The van der Waals surface area contributed by atoms with Gasteiger partial charge in [0.15, 0.2) is 0 Å². The first-order valence-electron chi connectivity index (χ1n) is 25.0. The third-order valence-electron chi connectivity index (χ3n) is 14.0. The Labute approximate surface area is 441 Å². The summed E-state index contributed by atoms with van der Waals surface area (Å²) in [4.78, 5) is 45.3. The molecule has 0 saturated carbocycles. The smallest absolute Gasteiger partial charge is 0.307 e. The second kappa shape index (κ2) is 24.0. The standard InChI is InChI=1S/C58H60Cl2N6O8/c1-36-43(34-73-55-20-53(71-32-39-16-38(22-61-3)23-62-24-39)46(18-50(55)59)30-65-14-6-10-41(28-65)57(67)68)8-4-12-48(36)49-13-5-9-44(37(49)2)35-74-56-21-54(72-33-40-17-45(26-63-25-40)52-27-64-52)47(19-51(56)60)31-66-15-7-11-42(29-66)58(69)70/h4-5,8-9,12-13,16-26,41-42H,6-7,10-11,14-15,27-35H2,1-3H3,(H,67,68)(H,69,70)/b61-22+/t41-,42-/m0/s1. The molecule has 0 bridgehead atoms. The van der Waals surface area contributed by atoms with E-state index in [0.29, 0.717) is 72.1 Å². The molecule has 5 heterocycles. The maximum Gasteiger partial charge on any atom is 0.307 e. The Morgan fingerprint density at radius 1 is 0.649 bits per heavy atom. The topological polar surface area (TPSA) is 168 Å². The summed E-state index contributed by atoms with van der Waals surface area (Å²) in [6.45, 7) is 9.29. The van der Waals surface area contributed by atoms with Crippen LogP contribution in [0.4, 0.5) is 0 Å². The number of rotatable bonds is 21. The van der Waals surface area contributed by atoms with Gasteiger partial charge in [-0.1, -0.05) is 59.6 Å². The first kappa shape index (κ1) is 52.0. The number of piperidine rings is 2. The van der Waals surface area contributed by atoms with Crippen molar-refractivity contribution in [1.82, 2.24) is 19.8 Å². The van der Waals surface area contributed by atoms with E-state index in [1.807, 2.05) is 66.9 Å². The largest absolute Gasteiger partial charge is 0.488 e. The fraction of sp³-hybridized carbons (Fsp3) is 0.345. The first-order valence-corrected chi connectivity index (χ1v) is 25.7. The van der Waals surface area contributed by atoms with Crippen LogP contribution >= 0.6 is 23.2 Å². The second-order valence-corrected chi connectivity index (χ2v) is 20.1.